The molecule has 2 unspecified atom stereocenters. The Kier molecular flexibility index (Phi) is 5.70. The lowest BCUT2D eigenvalue weighted by molar-refractivity contribution is 0.195. The number of benzene rings is 6. The number of para-hydroxylation sites is 4. The molecular formula is C46H38BN3. The lowest BCUT2D eigenvalue weighted by atomic mass is 9.45. The molecule has 1 aromatic heterocycles. The van der Waals surface area contributed by atoms with Crippen molar-refractivity contribution >= 4 is 57.1 Å². The molecule has 0 radical (unpaired) electrons. The molecule has 0 spiro atoms. The highest BCUT2D eigenvalue weighted by Gasteiger charge is 2.57. The number of hydrogen-bond donors (Lipinski definition) is 0. The summed E-state index contributed by atoms with van der Waals surface area (Å²) in [5, 5.41) is 1.30. The van der Waals surface area contributed by atoms with Crippen LogP contribution >= 0.6 is 0 Å². The molecule has 4 heteroatoms. The highest BCUT2D eigenvalue weighted by molar-refractivity contribution is 6.89. The molecule has 4 aliphatic rings. The Hall–Kier alpha value is -5.48. The number of fused-ring (bicyclic) bond motifs is 7. The van der Waals surface area contributed by atoms with Gasteiger partial charge >= 0.3 is 6.85 Å². The third-order valence-corrected chi connectivity index (χ3v) is 12.9. The number of aromatic nitrogens is 1. The van der Waals surface area contributed by atoms with Crippen LogP contribution in [0, 0.1) is 0 Å². The van der Waals surface area contributed by atoms with Crippen molar-refractivity contribution in [3.63, 3.8) is 0 Å². The molecule has 1 fully saturated rings. The molecule has 11 rings (SSSR count). The van der Waals surface area contributed by atoms with Gasteiger partial charge in [0.15, 0.2) is 0 Å². The zero-order valence-corrected chi connectivity index (χ0v) is 28.6. The first-order valence-electron chi connectivity index (χ1n) is 18.3. The van der Waals surface area contributed by atoms with Gasteiger partial charge in [0.2, 0.25) is 0 Å². The Morgan fingerprint density at radius 1 is 0.580 bits per heavy atom. The van der Waals surface area contributed by atoms with E-state index in [2.05, 4.69) is 174 Å². The van der Waals surface area contributed by atoms with Crippen LogP contribution in [-0.4, -0.2) is 16.9 Å². The molecule has 1 aliphatic carbocycles. The van der Waals surface area contributed by atoms with E-state index in [9.17, 15) is 0 Å². The van der Waals surface area contributed by atoms with Crippen molar-refractivity contribution in [2.75, 3.05) is 9.80 Å². The summed E-state index contributed by atoms with van der Waals surface area (Å²) in [5.41, 5.74) is 17.3. The fourth-order valence-corrected chi connectivity index (χ4v) is 10.5. The van der Waals surface area contributed by atoms with E-state index in [-0.39, 0.29) is 17.8 Å². The first-order chi connectivity index (χ1) is 24.6. The summed E-state index contributed by atoms with van der Waals surface area (Å²) in [6.45, 7) is 5.13. The second kappa shape index (κ2) is 10.0. The average molecular weight is 644 g/mol. The molecular weight excluding hydrogens is 605 g/mol. The lowest BCUT2D eigenvalue weighted by Gasteiger charge is -2.50. The van der Waals surface area contributed by atoms with Gasteiger partial charge in [0.05, 0.1) is 5.54 Å². The van der Waals surface area contributed by atoms with Crippen molar-refractivity contribution in [3.8, 4) is 22.4 Å². The van der Waals surface area contributed by atoms with Crippen molar-refractivity contribution in [2.45, 2.75) is 50.5 Å². The number of hydrogen-bond acceptors (Lipinski definition) is 2. The molecule has 2 atom stereocenters. The van der Waals surface area contributed by atoms with E-state index in [0.717, 1.165) is 0 Å². The summed E-state index contributed by atoms with van der Waals surface area (Å²) in [6.07, 6.45) is 4.95. The van der Waals surface area contributed by atoms with E-state index in [0.29, 0.717) is 0 Å². The fraction of sp³-hybridized carbons (Fsp3) is 0.174. The van der Waals surface area contributed by atoms with Crippen LogP contribution in [0.15, 0.2) is 146 Å². The SMILES string of the molecule is CC12CCCCC1(C)N(c1ccccc1)c1ccc(-c3cc4cccc5c4n3B3c4ccccc4N(c4ccccc4)c4cccc-5c43)cc12. The zero-order chi connectivity index (χ0) is 33.2. The second-order valence-corrected chi connectivity index (χ2v) is 15.2. The van der Waals surface area contributed by atoms with Crippen molar-refractivity contribution in [3.05, 3.63) is 151 Å². The molecule has 3 aliphatic heterocycles. The molecule has 4 heterocycles. The summed E-state index contributed by atoms with van der Waals surface area (Å²) in [6, 6.07) is 54.7. The summed E-state index contributed by atoms with van der Waals surface area (Å²) in [4.78, 5) is 5.15. The van der Waals surface area contributed by atoms with Crippen LogP contribution in [0.4, 0.5) is 28.4 Å². The fourth-order valence-electron chi connectivity index (χ4n) is 10.5. The van der Waals surface area contributed by atoms with Crippen molar-refractivity contribution in [2.24, 2.45) is 0 Å². The average Bonchev–Trinajstić information content (AvgIpc) is 3.64. The van der Waals surface area contributed by atoms with Gasteiger partial charge < -0.3 is 14.3 Å². The predicted molar refractivity (Wildman–Crippen MR) is 211 cm³/mol. The number of nitrogens with zero attached hydrogens (tertiary/aromatic N) is 3. The molecule has 0 amide bonds. The Morgan fingerprint density at radius 2 is 1.28 bits per heavy atom. The van der Waals surface area contributed by atoms with Crippen LogP contribution in [0.3, 0.4) is 0 Å². The van der Waals surface area contributed by atoms with E-state index >= 15 is 0 Å². The molecule has 240 valence electrons. The molecule has 6 aromatic carbocycles. The van der Waals surface area contributed by atoms with Crippen LogP contribution < -0.4 is 20.7 Å². The molecule has 3 nitrogen and oxygen atoms in total. The summed E-state index contributed by atoms with van der Waals surface area (Å²) >= 11 is 0. The second-order valence-electron chi connectivity index (χ2n) is 15.2. The van der Waals surface area contributed by atoms with Gasteiger partial charge in [0, 0.05) is 50.6 Å². The maximum absolute atomic E-state index is 2.69. The van der Waals surface area contributed by atoms with Crippen LogP contribution in [0.25, 0.3) is 33.3 Å². The van der Waals surface area contributed by atoms with Crippen LogP contribution in [0.1, 0.15) is 45.1 Å². The lowest BCUT2D eigenvalue weighted by Crippen LogP contribution is -2.56. The molecule has 0 bridgehead atoms. The largest absolute Gasteiger partial charge is 0.375 e. The van der Waals surface area contributed by atoms with E-state index in [1.54, 1.807) is 0 Å². The maximum atomic E-state index is 2.69. The third-order valence-electron chi connectivity index (χ3n) is 12.9. The van der Waals surface area contributed by atoms with Gasteiger partial charge in [0.1, 0.15) is 0 Å². The smallest absolute Gasteiger partial charge is 0.333 e. The normalized spacial score (nSPS) is 21.1. The van der Waals surface area contributed by atoms with E-state index in [1.807, 2.05) is 0 Å². The van der Waals surface area contributed by atoms with Crippen LogP contribution in [0.5, 0.6) is 0 Å². The van der Waals surface area contributed by atoms with Crippen LogP contribution in [-0.2, 0) is 5.41 Å². The summed E-state index contributed by atoms with van der Waals surface area (Å²) in [5.74, 6) is 0. The van der Waals surface area contributed by atoms with Gasteiger partial charge in [0.25, 0.3) is 0 Å². The van der Waals surface area contributed by atoms with Gasteiger partial charge in [-0.25, -0.2) is 0 Å². The quantitative estimate of drug-likeness (QED) is 0.178. The van der Waals surface area contributed by atoms with Gasteiger partial charge in [-0.15, -0.1) is 0 Å². The minimum Gasteiger partial charge on any atom is -0.375 e. The highest BCUT2D eigenvalue weighted by Crippen LogP contribution is 2.61. The topological polar surface area (TPSA) is 11.4 Å². The minimum absolute atomic E-state index is 0.0237. The zero-order valence-electron chi connectivity index (χ0n) is 28.6. The van der Waals surface area contributed by atoms with Gasteiger partial charge in [-0.1, -0.05) is 111 Å². The van der Waals surface area contributed by atoms with Gasteiger partial charge in [-0.3, -0.25) is 0 Å². The number of anilines is 5. The summed E-state index contributed by atoms with van der Waals surface area (Å²) in [7, 11) is 0. The van der Waals surface area contributed by atoms with Crippen molar-refractivity contribution in [1.82, 2.24) is 4.48 Å². The molecule has 0 N–H and O–H groups in total. The van der Waals surface area contributed by atoms with Crippen molar-refractivity contribution < 1.29 is 0 Å². The Morgan fingerprint density at radius 3 is 2.12 bits per heavy atom. The van der Waals surface area contributed by atoms with E-state index in [4.69, 9.17) is 0 Å². The third kappa shape index (κ3) is 3.51. The standard InChI is InChI=1S/C46H38BN3/c1-45-27-11-12-28-46(45,2)49(34-18-7-4-8-19-34)39-26-25-31(29-37(39)45)42-30-32-15-13-21-36-35-20-14-24-41-43(35)47(50(42)44(32)36)38-22-9-10-23-40(38)48(41)33-16-5-3-6-17-33/h3-10,13-26,29-30H,11-12,27-28H2,1-2H3. The van der Waals surface area contributed by atoms with Gasteiger partial charge in [-0.05, 0) is 107 Å². The van der Waals surface area contributed by atoms with Crippen molar-refractivity contribution in [1.29, 1.82) is 0 Å². The number of rotatable bonds is 3. The van der Waals surface area contributed by atoms with E-state index < -0.39 is 0 Å². The molecule has 7 aromatic rings. The monoisotopic (exact) mass is 643 g/mol. The first-order valence-corrected chi connectivity index (χ1v) is 18.3. The highest BCUT2D eigenvalue weighted by atomic mass is 15.3. The molecule has 0 saturated heterocycles. The Labute approximate surface area is 294 Å². The summed E-state index contributed by atoms with van der Waals surface area (Å²) < 4.78 is 2.69. The van der Waals surface area contributed by atoms with Gasteiger partial charge in [-0.2, -0.15) is 0 Å². The Bertz CT molecular complexity index is 2500. The molecule has 50 heavy (non-hydrogen) atoms. The van der Waals surface area contributed by atoms with Crippen LogP contribution in [0.2, 0.25) is 0 Å². The Balaban J connectivity index is 1.17. The predicted octanol–water partition coefficient (Wildman–Crippen LogP) is 10.5. The first kappa shape index (κ1) is 28.4. The van der Waals surface area contributed by atoms with E-state index in [1.165, 1.54) is 104 Å². The minimum atomic E-state index is 0.0237. The maximum Gasteiger partial charge on any atom is 0.333 e. The molecule has 1 saturated carbocycles.